The minimum Gasteiger partial charge on any atom is -0.505 e. The largest absolute Gasteiger partial charge is 0.505 e. The molecular weight excluding hydrogens is 363 g/mol. The third-order valence-corrected chi connectivity index (χ3v) is 4.97. The number of carbonyl (C=O) groups is 1. The van der Waals surface area contributed by atoms with E-state index in [0.29, 0.717) is 23.1 Å². The quantitative estimate of drug-likeness (QED) is 0.709. The number of nitrogens with zero attached hydrogens (tertiary/aromatic N) is 2. The first-order valence-electron chi connectivity index (χ1n) is 8.88. The third-order valence-electron chi connectivity index (χ3n) is 4.97. The molecule has 0 atom stereocenters. The van der Waals surface area contributed by atoms with E-state index < -0.39 is 0 Å². The van der Waals surface area contributed by atoms with Gasteiger partial charge in [0, 0.05) is 23.7 Å². The summed E-state index contributed by atoms with van der Waals surface area (Å²) in [6.45, 7) is 0.266. The number of carbonyl (C=O) groups excluding carboxylic acids is 1. The number of β-amino-alcohol motifs (C(OH)–C–C–N with tert-alkyl or cyclic N) is 1. The van der Waals surface area contributed by atoms with Gasteiger partial charge in [-0.15, -0.1) is 0 Å². The molecule has 0 saturated carbocycles. The number of aromatic hydroxyl groups is 1. The summed E-state index contributed by atoms with van der Waals surface area (Å²) >= 11 is 0. The number of hydrogen-bond acceptors (Lipinski definition) is 5. The number of phenols is 1. The average Bonchev–Trinajstić information content (AvgIpc) is 3.01. The highest BCUT2D eigenvalue weighted by atomic mass is 19.1. The van der Waals surface area contributed by atoms with Crippen LogP contribution in [0, 0.1) is 5.82 Å². The van der Waals surface area contributed by atoms with E-state index in [1.165, 1.54) is 24.1 Å². The second kappa shape index (κ2) is 7.09. The highest BCUT2D eigenvalue weighted by molar-refractivity contribution is 6.08. The molecule has 2 heterocycles. The fourth-order valence-corrected chi connectivity index (χ4v) is 3.68. The van der Waals surface area contributed by atoms with Crippen molar-refractivity contribution in [3.8, 4) is 11.5 Å². The van der Waals surface area contributed by atoms with Crippen molar-refractivity contribution in [1.82, 2.24) is 9.88 Å². The second-order valence-corrected chi connectivity index (χ2v) is 6.73. The molecular formula is C21H19FN2O4. The van der Waals surface area contributed by atoms with Crippen molar-refractivity contribution in [3.05, 3.63) is 64.6 Å². The van der Waals surface area contributed by atoms with Crippen molar-refractivity contribution in [1.29, 1.82) is 0 Å². The lowest BCUT2D eigenvalue weighted by Gasteiger charge is -2.13. The van der Waals surface area contributed by atoms with Crippen molar-refractivity contribution < 1.29 is 24.1 Å². The van der Waals surface area contributed by atoms with Crippen LogP contribution in [0.4, 0.5) is 4.39 Å². The minimum atomic E-state index is -0.348. The Balaban J connectivity index is 1.82. The summed E-state index contributed by atoms with van der Waals surface area (Å²) in [6, 6.07) is 8.10. The van der Waals surface area contributed by atoms with Crippen LogP contribution in [0.15, 0.2) is 36.5 Å². The molecule has 0 fully saturated rings. The molecule has 1 aromatic heterocycles. The van der Waals surface area contributed by atoms with Gasteiger partial charge in [-0.3, -0.25) is 9.78 Å². The van der Waals surface area contributed by atoms with Gasteiger partial charge in [-0.25, -0.2) is 4.39 Å². The molecule has 28 heavy (non-hydrogen) atoms. The Kier molecular flexibility index (Phi) is 4.60. The minimum absolute atomic E-state index is 0.164. The highest BCUT2D eigenvalue weighted by Crippen LogP contribution is 2.43. The number of pyridine rings is 1. The number of hydrogen-bond donors (Lipinski definition) is 2. The van der Waals surface area contributed by atoms with Gasteiger partial charge in [0.25, 0.3) is 5.91 Å². The van der Waals surface area contributed by atoms with E-state index in [1.807, 2.05) is 6.07 Å². The summed E-state index contributed by atoms with van der Waals surface area (Å²) < 4.78 is 18.7. The molecule has 1 aliphatic rings. The van der Waals surface area contributed by atoms with E-state index >= 15 is 0 Å². The second-order valence-electron chi connectivity index (χ2n) is 6.73. The Labute approximate surface area is 160 Å². The molecule has 0 saturated heterocycles. The van der Waals surface area contributed by atoms with E-state index in [0.717, 1.165) is 11.1 Å². The van der Waals surface area contributed by atoms with Crippen molar-refractivity contribution >= 4 is 16.8 Å². The van der Waals surface area contributed by atoms with Crippen LogP contribution in [-0.4, -0.2) is 46.3 Å². The number of benzene rings is 2. The Morgan fingerprint density at radius 2 is 2.00 bits per heavy atom. The van der Waals surface area contributed by atoms with Gasteiger partial charge in [0.05, 0.1) is 25.8 Å². The maximum atomic E-state index is 13.1. The van der Waals surface area contributed by atoms with Crippen molar-refractivity contribution in [2.75, 3.05) is 20.3 Å². The Morgan fingerprint density at radius 3 is 2.68 bits per heavy atom. The molecule has 144 valence electrons. The van der Waals surface area contributed by atoms with Crippen molar-refractivity contribution in [2.45, 2.75) is 13.0 Å². The predicted octanol–water partition coefficient (Wildman–Crippen LogP) is 2.63. The lowest BCUT2D eigenvalue weighted by Crippen LogP contribution is -2.26. The maximum Gasteiger partial charge on any atom is 0.258 e. The van der Waals surface area contributed by atoms with Gasteiger partial charge in [0.2, 0.25) is 0 Å². The van der Waals surface area contributed by atoms with Gasteiger partial charge in [0.15, 0.2) is 5.75 Å². The number of fused-ring (bicyclic) bond motifs is 2. The number of aliphatic hydroxyl groups excluding tert-OH is 1. The fraction of sp³-hybridized carbons (Fsp3) is 0.238. The Bertz CT molecular complexity index is 1070. The first kappa shape index (κ1) is 18.2. The number of amides is 1. The number of aromatic nitrogens is 1. The highest BCUT2D eigenvalue weighted by Gasteiger charge is 2.35. The molecule has 0 bridgehead atoms. The van der Waals surface area contributed by atoms with Gasteiger partial charge in [0.1, 0.15) is 17.1 Å². The van der Waals surface area contributed by atoms with Crippen molar-refractivity contribution in [3.63, 3.8) is 0 Å². The Hall–Kier alpha value is -3.19. The van der Waals surface area contributed by atoms with Gasteiger partial charge in [-0.1, -0.05) is 12.1 Å². The zero-order valence-corrected chi connectivity index (χ0v) is 15.3. The summed E-state index contributed by atoms with van der Waals surface area (Å²) in [7, 11) is 1.51. The smallest absolute Gasteiger partial charge is 0.258 e. The summed E-state index contributed by atoms with van der Waals surface area (Å²) in [6.07, 6.45) is 2.17. The summed E-state index contributed by atoms with van der Waals surface area (Å²) in [5.74, 6) is -0.326. The zero-order valence-electron chi connectivity index (χ0n) is 15.3. The normalized spacial score (nSPS) is 13.2. The first-order chi connectivity index (χ1) is 13.5. The summed E-state index contributed by atoms with van der Waals surface area (Å²) in [5.41, 5.74) is 2.85. The number of methoxy groups -OCH3 is 1. The van der Waals surface area contributed by atoms with Gasteiger partial charge < -0.3 is 19.8 Å². The standard InChI is InChI=1S/C21H19FN2O4/c1-28-20-15-9-13(8-12-2-4-14(22)5-3-12)10-23-18(15)19(26)17-16(20)11-24(6-7-25)21(17)27/h2-5,9-10,25-26H,6-8,11H2,1H3. The first-order valence-corrected chi connectivity index (χ1v) is 8.88. The van der Waals surface area contributed by atoms with Crippen molar-refractivity contribution in [2.24, 2.45) is 0 Å². The van der Waals surface area contributed by atoms with Crippen LogP contribution in [0.3, 0.4) is 0 Å². The van der Waals surface area contributed by atoms with E-state index in [9.17, 15) is 19.4 Å². The van der Waals surface area contributed by atoms with E-state index in [4.69, 9.17) is 4.74 Å². The number of phenolic OH excluding ortho intramolecular Hbond substituents is 1. The van der Waals surface area contributed by atoms with E-state index in [-0.39, 0.29) is 48.3 Å². The molecule has 1 amide bonds. The zero-order chi connectivity index (χ0) is 19.8. The van der Waals surface area contributed by atoms with E-state index in [2.05, 4.69) is 4.98 Å². The number of halogens is 1. The Morgan fingerprint density at radius 1 is 1.25 bits per heavy atom. The molecule has 2 N–H and O–H groups in total. The number of ether oxygens (including phenoxy) is 1. The molecule has 0 radical (unpaired) electrons. The number of aliphatic hydroxyl groups is 1. The lowest BCUT2D eigenvalue weighted by atomic mass is 9.99. The van der Waals surface area contributed by atoms with Gasteiger partial charge >= 0.3 is 0 Å². The topological polar surface area (TPSA) is 82.9 Å². The average molecular weight is 382 g/mol. The van der Waals surface area contributed by atoms with E-state index in [1.54, 1.807) is 18.3 Å². The molecule has 6 nitrogen and oxygen atoms in total. The SMILES string of the molecule is COc1c2c(c(O)c3ncc(Cc4ccc(F)cc4)cc13)C(=O)N(CCO)C2. The number of rotatable bonds is 5. The summed E-state index contributed by atoms with van der Waals surface area (Å²) in [4.78, 5) is 18.4. The molecule has 7 heteroatoms. The summed E-state index contributed by atoms with van der Waals surface area (Å²) in [5, 5.41) is 20.5. The van der Waals surface area contributed by atoms with Gasteiger partial charge in [-0.2, -0.15) is 0 Å². The monoisotopic (exact) mass is 382 g/mol. The molecule has 3 aromatic rings. The van der Waals surface area contributed by atoms with Crippen LogP contribution in [-0.2, 0) is 13.0 Å². The third kappa shape index (κ3) is 2.93. The van der Waals surface area contributed by atoms with Gasteiger partial charge in [-0.05, 0) is 35.7 Å². The molecule has 4 rings (SSSR count). The molecule has 1 aliphatic heterocycles. The van der Waals surface area contributed by atoms with Crippen LogP contribution in [0.1, 0.15) is 27.0 Å². The van der Waals surface area contributed by atoms with Crippen LogP contribution in [0.2, 0.25) is 0 Å². The van der Waals surface area contributed by atoms with Crippen LogP contribution in [0.25, 0.3) is 10.9 Å². The van der Waals surface area contributed by atoms with Crippen LogP contribution in [0.5, 0.6) is 11.5 Å². The molecule has 0 aliphatic carbocycles. The van der Waals surface area contributed by atoms with Crippen LogP contribution >= 0.6 is 0 Å². The van der Waals surface area contributed by atoms with Crippen LogP contribution < -0.4 is 4.74 Å². The fourth-order valence-electron chi connectivity index (χ4n) is 3.68. The maximum absolute atomic E-state index is 13.1. The molecule has 2 aromatic carbocycles. The molecule has 0 unspecified atom stereocenters. The molecule has 0 spiro atoms. The predicted molar refractivity (Wildman–Crippen MR) is 101 cm³/mol. The lowest BCUT2D eigenvalue weighted by molar-refractivity contribution is 0.0743.